The van der Waals surface area contributed by atoms with Gasteiger partial charge in [0.05, 0.1) is 0 Å². The van der Waals surface area contributed by atoms with E-state index >= 15 is 0 Å². The van der Waals surface area contributed by atoms with Crippen LogP contribution in [0.5, 0.6) is 0 Å². The summed E-state index contributed by atoms with van der Waals surface area (Å²) in [5.41, 5.74) is 40.7. The summed E-state index contributed by atoms with van der Waals surface area (Å²) >= 11 is 0. The van der Waals surface area contributed by atoms with Crippen molar-refractivity contribution in [3.8, 4) is 0 Å². The van der Waals surface area contributed by atoms with E-state index in [1.807, 2.05) is 0 Å². The lowest BCUT2D eigenvalue weighted by atomic mass is 10.0. The molecule has 1 aliphatic rings. The van der Waals surface area contributed by atoms with E-state index in [9.17, 15) is 4.79 Å². The van der Waals surface area contributed by atoms with Crippen LogP contribution < -0.4 is 77.5 Å². The molecule has 0 spiro atoms. The number of carbonyl (C=O) groups is 1. The van der Waals surface area contributed by atoms with Gasteiger partial charge in [-0.15, -0.1) is 11.1 Å². The number of rotatable bonds is 0. The largest absolute Gasteiger partial charge is 0.349 e. The van der Waals surface area contributed by atoms with Gasteiger partial charge in [-0.2, -0.15) is 54.9 Å². The Bertz CT molecular complexity index is 607. The average molecular weight is 688 g/mol. The predicted molar refractivity (Wildman–Crippen MR) is 196 cm³/mol. The fraction of sp³-hybridized carbons (Fsp3) is 0.969. The summed E-state index contributed by atoms with van der Waals surface area (Å²) in [6, 6.07) is -0.710. The van der Waals surface area contributed by atoms with Crippen LogP contribution in [0.1, 0.15) is 186 Å². The van der Waals surface area contributed by atoms with E-state index in [0.29, 0.717) is 0 Å². The van der Waals surface area contributed by atoms with Gasteiger partial charge >= 0.3 is 6.03 Å². The van der Waals surface area contributed by atoms with Crippen LogP contribution in [0.2, 0.25) is 0 Å². The van der Waals surface area contributed by atoms with Gasteiger partial charge in [-0.25, -0.2) is 15.6 Å². The third-order valence-corrected chi connectivity index (χ3v) is 8.77. The van der Waals surface area contributed by atoms with Gasteiger partial charge in [0, 0.05) is 13.1 Å². The molecule has 48 heavy (non-hydrogen) atoms. The molecule has 1 heterocycles. The summed E-state index contributed by atoms with van der Waals surface area (Å²) in [4.78, 5) is 11.6. The standard InChI is InChI=1S/C32H77N15O/c33-32(48)47-45-35-31-29-27-25-23-21-19-17-15-13-11-9-7-5-3-1-2-4-6-8-10-12-14-16-18-20-22-24-26-28-30-34-36-37-38-39-40-41-42-43-44-46-47/h34-46H,1-31H2,(H2,33,48). The van der Waals surface area contributed by atoms with Gasteiger partial charge < -0.3 is 5.73 Å². The zero-order valence-corrected chi connectivity index (χ0v) is 30.4. The molecule has 1 saturated heterocycles. The smallest absolute Gasteiger partial charge is 0.346 e. The van der Waals surface area contributed by atoms with Crippen LogP contribution in [0.3, 0.4) is 0 Å². The fourth-order valence-corrected chi connectivity index (χ4v) is 5.88. The lowest BCUT2D eigenvalue weighted by molar-refractivity contribution is 0.0794. The number of hydrogen-bond acceptors (Lipinski definition) is 14. The van der Waals surface area contributed by atoms with Gasteiger partial charge in [-0.1, -0.05) is 173 Å². The van der Waals surface area contributed by atoms with Gasteiger partial charge in [-0.3, -0.25) is 0 Å². The van der Waals surface area contributed by atoms with Gasteiger partial charge in [0.2, 0.25) is 0 Å². The van der Waals surface area contributed by atoms with E-state index in [1.165, 1.54) is 167 Å². The van der Waals surface area contributed by atoms with E-state index in [1.54, 1.807) is 0 Å². The van der Waals surface area contributed by atoms with Gasteiger partial charge in [0.1, 0.15) is 0 Å². The fourth-order valence-electron chi connectivity index (χ4n) is 5.88. The van der Waals surface area contributed by atoms with Crippen LogP contribution in [-0.4, -0.2) is 24.2 Å². The Hall–Kier alpha value is -1.25. The van der Waals surface area contributed by atoms with E-state index in [-0.39, 0.29) is 0 Å². The molecule has 286 valence electrons. The Kier molecular flexibility index (Phi) is 36.0. The summed E-state index contributed by atoms with van der Waals surface area (Å²) in [7, 11) is 0. The number of hydrazine groups is 13. The number of carbonyl (C=O) groups excluding carboxylic acids is 1. The molecule has 0 unspecified atom stereocenters. The highest BCUT2D eigenvalue weighted by atomic mass is 16.2. The lowest BCUT2D eigenvalue weighted by Gasteiger charge is -2.23. The first kappa shape index (κ1) is 44.8. The summed E-state index contributed by atoms with van der Waals surface area (Å²) in [5.74, 6) is 0. The maximum Gasteiger partial charge on any atom is 0.346 e. The maximum atomic E-state index is 11.6. The lowest BCUT2D eigenvalue weighted by Crippen LogP contribution is -2.69. The molecule has 15 N–H and O–H groups in total. The maximum absolute atomic E-state index is 11.6. The molecule has 0 atom stereocenters. The minimum absolute atomic E-state index is 0.710. The molecule has 1 fully saturated rings. The first-order valence-electron chi connectivity index (χ1n) is 19.6. The first-order valence-corrected chi connectivity index (χ1v) is 19.6. The second kappa shape index (κ2) is 38.6. The molecule has 16 nitrogen and oxygen atoms in total. The molecule has 0 aliphatic carbocycles. The summed E-state index contributed by atoms with van der Waals surface area (Å²) in [6.07, 6.45) is 39.5. The van der Waals surface area contributed by atoms with Crippen LogP contribution in [-0.2, 0) is 0 Å². The number of hydrogen-bond donors (Lipinski definition) is 14. The molecule has 0 aromatic heterocycles. The highest BCUT2D eigenvalue weighted by Gasteiger charge is 2.07. The number of nitrogens with zero attached hydrogens (tertiary/aromatic N) is 1. The average Bonchev–Trinajstić information content (AvgIpc) is 3.08. The molecule has 0 aromatic rings. The van der Waals surface area contributed by atoms with Crippen molar-refractivity contribution < 1.29 is 4.79 Å². The van der Waals surface area contributed by atoms with Crippen molar-refractivity contribution in [1.29, 1.82) is 0 Å². The molecule has 16 heteroatoms. The van der Waals surface area contributed by atoms with Crippen LogP contribution in [0.15, 0.2) is 0 Å². The SMILES string of the molecule is NC(=O)N1NNCCCCCCCCCCCCCCCCCCCCCCCCCCCCCCCNNNNNNNNNNN1. The summed E-state index contributed by atoms with van der Waals surface area (Å²) in [5, 5.41) is 0.982. The predicted octanol–water partition coefficient (Wildman–Crippen LogP) is 4.25. The number of nitrogens with two attached hydrogens (primary N) is 1. The van der Waals surface area contributed by atoms with Crippen molar-refractivity contribution in [3.05, 3.63) is 0 Å². The monoisotopic (exact) mass is 688 g/mol. The Morgan fingerprint density at radius 3 is 0.875 bits per heavy atom. The van der Waals surface area contributed by atoms with Crippen molar-refractivity contribution in [2.75, 3.05) is 13.1 Å². The van der Waals surface area contributed by atoms with E-state index < -0.39 is 6.03 Å². The zero-order chi connectivity index (χ0) is 34.3. The molecule has 0 saturated carbocycles. The van der Waals surface area contributed by atoms with Crippen LogP contribution in [0.4, 0.5) is 4.79 Å². The minimum atomic E-state index is -0.710. The van der Waals surface area contributed by atoms with Crippen molar-refractivity contribution in [2.24, 2.45) is 5.73 Å². The summed E-state index contributed by atoms with van der Waals surface area (Å²) < 4.78 is 0. The first-order chi connectivity index (χ1) is 23.8. The van der Waals surface area contributed by atoms with E-state index in [0.717, 1.165) is 37.5 Å². The second-order valence-corrected chi connectivity index (χ2v) is 13.1. The Morgan fingerprint density at radius 2 is 0.562 bits per heavy atom. The van der Waals surface area contributed by atoms with Gasteiger partial charge in [-0.05, 0) is 12.8 Å². The van der Waals surface area contributed by atoms with Gasteiger partial charge in [0.15, 0.2) is 0 Å². The molecular weight excluding hydrogens is 610 g/mol. The Labute approximate surface area is 292 Å². The molecule has 1 aliphatic heterocycles. The topological polar surface area (TPSA) is 203 Å². The molecule has 0 bridgehead atoms. The van der Waals surface area contributed by atoms with E-state index in [2.05, 4.69) is 71.7 Å². The second-order valence-electron chi connectivity index (χ2n) is 13.1. The third kappa shape index (κ3) is 34.6. The van der Waals surface area contributed by atoms with Crippen LogP contribution in [0, 0.1) is 0 Å². The highest BCUT2D eigenvalue weighted by Crippen LogP contribution is 2.16. The zero-order valence-electron chi connectivity index (χ0n) is 30.4. The number of primary amides is 1. The van der Waals surface area contributed by atoms with E-state index in [4.69, 9.17) is 5.73 Å². The quantitative estimate of drug-likeness (QED) is 0.172. The molecule has 0 aromatic carbocycles. The van der Waals surface area contributed by atoms with Crippen LogP contribution in [0.25, 0.3) is 0 Å². The molecule has 2 amide bonds. The van der Waals surface area contributed by atoms with Crippen LogP contribution >= 0.6 is 0 Å². The highest BCUT2D eigenvalue weighted by molar-refractivity contribution is 5.70. The summed E-state index contributed by atoms with van der Waals surface area (Å²) in [6.45, 7) is 1.61. The minimum Gasteiger partial charge on any atom is -0.349 e. The molecule has 1 rings (SSSR count). The van der Waals surface area contributed by atoms with Crippen molar-refractivity contribution in [1.82, 2.24) is 76.9 Å². The van der Waals surface area contributed by atoms with Gasteiger partial charge in [0.25, 0.3) is 0 Å². The number of urea groups is 1. The molecular formula is C32H77N15O. The van der Waals surface area contributed by atoms with Crippen molar-refractivity contribution in [2.45, 2.75) is 186 Å². The Balaban J connectivity index is 2.12. The molecule has 0 radical (unpaired) electrons. The van der Waals surface area contributed by atoms with Crippen molar-refractivity contribution in [3.63, 3.8) is 0 Å². The normalized spacial score (nSPS) is 23.2. The van der Waals surface area contributed by atoms with Crippen molar-refractivity contribution >= 4 is 6.03 Å². The third-order valence-electron chi connectivity index (χ3n) is 8.77. The Morgan fingerprint density at radius 1 is 0.312 bits per heavy atom. The number of nitrogens with one attached hydrogen (secondary N) is 13. The number of amides is 2.